The number of ether oxygens (including phenoxy) is 2. The predicted molar refractivity (Wildman–Crippen MR) is 107 cm³/mol. The van der Waals surface area contributed by atoms with Crippen LogP contribution < -0.4 is 15.0 Å². The van der Waals surface area contributed by atoms with Crippen molar-refractivity contribution < 1.29 is 14.3 Å². The second-order valence-corrected chi connectivity index (χ2v) is 7.48. The number of amides is 1. The molecular weight excluding hydrogens is 356 g/mol. The first-order valence-corrected chi connectivity index (χ1v) is 9.88. The van der Waals surface area contributed by atoms with E-state index in [0.29, 0.717) is 23.7 Å². The molecule has 1 amide bonds. The first-order chi connectivity index (χ1) is 13.6. The van der Waals surface area contributed by atoms with Crippen molar-refractivity contribution in [1.82, 2.24) is 9.97 Å². The number of carbonyl (C=O) groups is 1. The van der Waals surface area contributed by atoms with Crippen molar-refractivity contribution in [2.45, 2.75) is 45.3 Å². The van der Waals surface area contributed by atoms with Crippen LogP contribution in [0.25, 0.3) is 0 Å². The SMILES string of the molecule is C[C@@H]1CN(c2cc(C(=O)Nc3cccnc3)c3c(n2)OCCCC3)C[C@H](C)O1. The zero-order valence-corrected chi connectivity index (χ0v) is 16.4. The van der Waals surface area contributed by atoms with E-state index in [2.05, 4.69) is 29.0 Å². The number of fused-ring (bicyclic) bond motifs is 1. The molecule has 2 aliphatic rings. The van der Waals surface area contributed by atoms with Crippen LogP contribution in [0.1, 0.15) is 42.6 Å². The fourth-order valence-corrected chi connectivity index (χ4v) is 3.83. The Bertz CT molecular complexity index is 833. The van der Waals surface area contributed by atoms with Crippen molar-refractivity contribution in [3.05, 3.63) is 41.7 Å². The molecule has 0 saturated carbocycles. The molecule has 7 nitrogen and oxygen atoms in total. The summed E-state index contributed by atoms with van der Waals surface area (Å²) in [5.74, 6) is 1.19. The normalized spacial score (nSPS) is 22.0. The number of carbonyl (C=O) groups excluding carboxylic acids is 1. The van der Waals surface area contributed by atoms with Gasteiger partial charge in [0.05, 0.1) is 36.3 Å². The van der Waals surface area contributed by atoms with E-state index >= 15 is 0 Å². The quantitative estimate of drug-likeness (QED) is 0.879. The van der Waals surface area contributed by atoms with Crippen molar-refractivity contribution in [2.75, 3.05) is 29.9 Å². The fourth-order valence-electron chi connectivity index (χ4n) is 3.83. The van der Waals surface area contributed by atoms with Gasteiger partial charge in [-0.25, -0.2) is 0 Å². The van der Waals surface area contributed by atoms with Gasteiger partial charge < -0.3 is 19.7 Å². The predicted octanol–water partition coefficient (Wildman–Crippen LogP) is 3.06. The molecular formula is C21H26N4O3. The van der Waals surface area contributed by atoms with Crippen molar-refractivity contribution in [3.8, 4) is 5.88 Å². The molecule has 0 aliphatic carbocycles. The average Bonchev–Trinajstić information content (AvgIpc) is 2.92. The van der Waals surface area contributed by atoms with E-state index in [-0.39, 0.29) is 18.1 Å². The second-order valence-electron chi connectivity index (χ2n) is 7.48. The lowest BCUT2D eigenvalue weighted by atomic mass is 10.0. The van der Waals surface area contributed by atoms with Crippen LogP contribution in [0.15, 0.2) is 30.6 Å². The summed E-state index contributed by atoms with van der Waals surface area (Å²) < 4.78 is 11.8. The number of rotatable bonds is 3. The molecule has 7 heteroatoms. The number of morpholine rings is 1. The van der Waals surface area contributed by atoms with Crippen LogP contribution in [0.3, 0.4) is 0 Å². The smallest absolute Gasteiger partial charge is 0.256 e. The lowest BCUT2D eigenvalue weighted by molar-refractivity contribution is -0.00549. The van der Waals surface area contributed by atoms with Crippen molar-refractivity contribution >= 4 is 17.4 Å². The van der Waals surface area contributed by atoms with Gasteiger partial charge >= 0.3 is 0 Å². The lowest BCUT2D eigenvalue weighted by Gasteiger charge is -2.36. The van der Waals surface area contributed by atoms with E-state index in [4.69, 9.17) is 14.5 Å². The minimum atomic E-state index is -0.159. The number of anilines is 2. The van der Waals surface area contributed by atoms with Gasteiger partial charge in [-0.15, -0.1) is 0 Å². The Kier molecular flexibility index (Phi) is 5.43. The van der Waals surface area contributed by atoms with Crippen molar-refractivity contribution in [3.63, 3.8) is 0 Å². The third kappa shape index (κ3) is 4.09. The number of nitrogens with zero attached hydrogens (tertiary/aromatic N) is 3. The van der Waals surface area contributed by atoms with E-state index in [9.17, 15) is 4.79 Å². The van der Waals surface area contributed by atoms with E-state index in [1.165, 1.54) is 0 Å². The highest BCUT2D eigenvalue weighted by Crippen LogP contribution is 2.31. The molecule has 28 heavy (non-hydrogen) atoms. The van der Waals surface area contributed by atoms with Crippen molar-refractivity contribution in [2.24, 2.45) is 0 Å². The Morgan fingerprint density at radius 3 is 2.82 bits per heavy atom. The first kappa shape index (κ1) is 18.7. The molecule has 2 aromatic rings. The summed E-state index contributed by atoms with van der Waals surface area (Å²) in [5.41, 5.74) is 2.18. The zero-order chi connectivity index (χ0) is 19.5. The Labute approximate surface area is 165 Å². The minimum absolute atomic E-state index is 0.109. The van der Waals surface area contributed by atoms with Gasteiger partial charge in [0, 0.05) is 24.8 Å². The third-order valence-corrected chi connectivity index (χ3v) is 5.04. The lowest BCUT2D eigenvalue weighted by Crippen LogP contribution is -2.46. The zero-order valence-electron chi connectivity index (χ0n) is 16.4. The van der Waals surface area contributed by atoms with Gasteiger partial charge in [0.1, 0.15) is 5.82 Å². The number of nitrogens with one attached hydrogen (secondary N) is 1. The molecule has 1 fully saturated rings. The summed E-state index contributed by atoms with van der Waals surface area (Å²) in [6.07, 6.45) is 6.26. The Morgan fingerprint density at radius 1 is 1.25 bits per heavy atom. The van der Waals surface area contributed by atoms with Gasteiger partial charge in [0.15, 0.2) is 0 Å². The van der Waals surface area contributed by atoms with Crippen LogP contribution in [0.2, 0.25) is 0 Å². The Hall–Kier alpha value is -2.67. The van der Waals surface area contributed by atoms with Crippen LogP contribution in [-0.4, -0.2) is 47.8 Å². The maximum absolute atomic E-state index is 13.1. The van der Waals surface area contributed by atoms with Gasteiger partial charge in [-0.3, -0.25) is 9.78 Å². The molecule has 1 saturated heterocycles. The van der Waals surface area contributed by atoms with Crippen LogP contribution in [-0.2, 0) is 11.2 Å². The standard InChI is InChI=1S/C21H26N4O3/c1-14-12-25(13-15(2)28-14)19-10-18(17-7-3-4-9-27-21(17)24-19)20(26)23-16-6-5-8-22-11-16/h5-6,8,10-11,14-15H,3-4,7,9,12-13H2,1-2H3,(H,23,26)/t14-,15+. The van der Waals surface area contributed by atoms with Crippen molar-refractivity contribution in [1.29, 1.82) is 0 Å². The first-order valence-electron chi connectivity index (χ1n) is 9.88. The number of pyridine rings is 2. The van der Waals surface area contributed by atoms with Gasteiger partial charge in [-0.2, -0.15) is 4.98 Å². The summed E-state index contributed by atoms with van der Waals surface area (Å²) in [4.78, 5) is 24.1. The highest BCUT2D eigenvalue weighted by Gasteiger charge is 2.27. The van der Waals surface area contributed by atoms with Gasteiger partial charge in [-0.05, 0) is 51.3 Å². The van der Waals surface area contributed by atoms with E-state index < -0.39 is 0 Å². The van der Waals surface area contributed by atoms with Gasteiger partial charge in [-0.1, -0.05) is 0 Å². The summed E-state index contributed by atoms with van der Waals surface area (Å²) in [6, 6.07) is 5.52. The van der Waals surface area contributed by atoms with E-state index in [1.54, 1.807) is 18.5 Å². The topological polar surface area (TPSA) is 76.6 Å². The van der Waals surface area contributed by atoms with Crippen LogP contribution in [0, 0.1) is 0 Å². The van der Waals surface area contributed by atoms with Gasteiger partial charge in [0.2, 0.25) is 5.88 Å². The molecule has 2 atom stereocenters. The van der Waals surface area contributed by atoms with Crippen LogP contribution >= 0.6 is 0 Å². The maximum Gasteiger partial charge on any atom is 0.256 e. The summed E-state index contributed by atoms with van der Waals surface area (Å²) >= 11 is 0. The molecule has 0 radical (unpaired) electrons. The second kappa shape index (κ2) is 8.14. The fraction of sp³-hybridized carbons (Fsp3) is 0.476. The highest BCUT2D eigenvalue weighted by atomic mass is 16.5. The summed E-state index contributed by atoms with van der Waals surface area (Å²) in [7, 11) is 0. The number of hydrogen-bond acceptors (Lipinski definition) is 6. The molecule has 1 N–H and O–H groups in total. The van der Waals surface area contributed by atoms with E-state index in [0.717, 1.165) is 43.7 Å². The molecule has 0 aromatic carbocycles. The molecule has 4 heterocycles. The molecule has 2 aliphatic heterocycles. The largest absolute Gasteiger partial charge is 0.477 e. The molecule has 0 bridgehead atoms. The summed E-state index contributed by atoms with van der Waals surface area (Å²) in [6.45, 7) is 6.21. The van der Waals surface area contributed by atoms with Crippen LogP contribution in [0.4, 0.5) is 11.5 Å². The maximum atomic E-state index is 13.1. The molecule has 2 aromatic heterocycles. The minimum Gasteiger partial charge on any atom is -0.477 e. The molecule has 148 valence electrons. The third-order valence-electron chi connectivity index (χ3n) is 5.04. The molecule has 0 unspecified atom stereocenters. The monoisotopic (exact) mass is 382 g/mol. The molecule has 0 spiro atoms. The molecule has 4 rings (SSSR count). The number of hydrogen-bond donors (Lipinski definition) is 1. The Morgan fingerprint density at radius 2 is 2.07 bits per heavy atom. The van der Waals surface area contributed by atoms with E-state index in [1.807, 2.05) is 12.1 Å². The Balaban J connectivity index is 1.70. The van der Waals surface area contributed by atoms with Gasteiger partial charge in [0.25, 0.3) is 5.91 Å². The average molecular weight is 382 g/mol. The highest BCUT2D eigenvalue weighted by molar-refractivity contribution is 6.06. The number of aromatic nitrogens is 2. The summed E-state index contributed by atoms with van der Waals surface area (Å²) in [5, 5.41) is 2.95. The van der Waals surface area contributed by atoms with Crippen LogP contribution in [0.5, 0.6) is 5.88 Å².